The molecule has 2 aromatic heterocycles. The third kappa shape index (κ3) is 5.40. The van der Waals surface area contributed by atoms with Crippen molar-refractivity contribution in [2.75, 3.05) is 4.90 Å². The van der Waals surface area contributed by atoms with E-state index >= 15 is 0 Å². The Hall–Kier alpha value is -6.94. The number of thiophene rings is 1. The minimum absolute atomic E-state index is 0.895. The number of hydrogen-bond donors (Lipinski definition) is 0. The molecule has 2 heterocycles. The smallest absolute Gasteiger partial charge is 0.136 e. The lowest BCUT2D eigenvalue weighted by Crippen LogP contribution is -2.10. The first-order valence-corrected chi connectivity index (χ1v) is 19.5. The van der Waals surface area contributed by atoms with Gasteiger partial charge in [-0.25, -0.2) is 0 Å². The Morgan fingerprint density at radius 3 is 1.67 bits per heavy atom. The predicted octanol–water partition coefficient (Wildman–Crippen LogP) is 15.6. The van der Waals surface area contributed by atoms with Crippen LogP contribution in [-0.2, 0) is 0 Å². The van der Waals surface area contributed by atoms with E-state index in [1.165, 1.54) is 53.2 Å². The summed E-state index contributed by atoms with van der Waals surface area (Å²) >= 11 is 1.86. The molecule has 11 rings (SSSR count). The van der Waals surface area contributed by atoms with Crippen LogP contribution >= 0.6 is 11.3 Å². The summed E-state index contributed by atoms with van der Waals surface area (Å²) in [5.41, 5.74) is 12.1. The number of nitrogens with zero attached hydrogens (tertiary/aromatic N) is 1. The van der Waals surface area contributed by atoms with Crippen molar-refractivity contribution in [3.8, 4) is 33.4 Å². The van der Waals surface area contributed by atoms with Gasteiger partial charge in [0, 0.05) is 48.0 Å². The highest BCUT2D eigenvalue weighted by atomic mass is 32.1. The summed E-state index contributed by atoms with van der Waals surface area (Å²) in [5, 5.41) is 7.36. The van der Waals surface area contributed by atoms with Gasteiger partial charge in [-0.05, 0) is 111 Å². The van der Waals surface area contributed by atoms with E-state index in [9.17, 15) is 0 Å². The number of benzene rings is 9. The molecule has 0 saturated carbocycles. The third-order valence-corrected chi connectivity index (χ3v) is 12.0. The molecule has 55 heavy (non-hydrogen) atoms. The van der Waals surface area contributed by atoms with Gasteiger partial charge < -0.3 is 9.32 Å². The van der Waals surface area contributed by atoms with Crippen molar-refractivity contribution >= 4 is 81.3 Å². The second-order valence-electron chi connectivity index (χ2n) is 14.1. The van der Waals surface area contributed by atoms with Crippen molar-refractivity contribution in [3.05, 3.63) is 200 Å². The van der Waals surface area contributed by atoms with E-state index in [0.29, 0.717) is 0 Å². The van der Waals surface area contributed by atoms with Crippen LogP contribution in [0, 0.1) is 0 Å². The second kappa shape index (κ2) is 12.9. The monoisotopic (exact) mass is 719 g/mol. The quantitative estimate of drug-likeness (QED) is 0.170. The second-order valence-corrected chi connectivity index (χ2v) is 15.2. The highest BCUT2D eigenvalue weighted by Gasteiger charge is 2.19. The Morgan fingerprint density at radius 1 is 0.345 bits per heavy atom. The molecule has 0 fully saturated rings. The first-order chi connectivity index (χ1) is 27.2. The molecule has 0 radical (unpaired) electrons. The normalized spacial score (nSPS) is 11.6. The van der Waals surface area contributed by atoms with Crippen molar-refractivity contribution in [2.45, 2.75) is 0 Å². The van der Waals surface area contributed by atoms with Crippen molar-refractivity contribution in [1.82, 2.24) is 0 Å². The summed E-state index contributed by atoms with van der Waals surface area (Å²) in [6.45, 7) is 0. The molecule has 2 nitrogen and oxygen atoms in total. The van der Waals surface area contributed by atoms with Gasteiger partial charge in [-0.3, -0.25) is 0 Å². The molecule has 11 aromatic rings. The zero-order valence-corrected chi connectivity index (χ0v) is 30.6. The maximum atomic E-state index is 6.31. The highest BCUT2D eigenvalue weighted by Crippen LogP contribution is 2.44. The van der Waals surface area contributed by atoms with E-state index < -0.39 is 0 Å². The van der Waals surface area contributed by atoms with E-state index in [2.05, 4.69) is 193 Å². The zero-order chi connectivity index (χ0) is 36.3. The lowest BCUT2D eigenvalue weighted by atomic mass is 9.97. The molecule has 0 N–H and O–H groups in total. The van der Waals surface area contributed by atoms with Crippen molar-refractivity contribution in [2.24, 2.45) is 0 Å². The molecule has 0 saturated heterocycles. The Labute approximate surface area is 322 Å². The van der Waals surface area contributed by atoms with Gasteiger partial charge in [-0.1, -0.05) is 133 Å². The van der Waals surface area contributed by atoms with Crippen LogP contribution in [0.5, 0.6) is 0 Å². The first kappa shape index (κ1) is 31.6. The highest BCUT2D eigenvalue weighted by molar-refractivity contribution is 7.25. The average Bonchev–Trinajstić information content (AvgIpc) is 3.83. The van der Waals surface area contributed by atoms with Gasteiger partial charge in [-0.2, -0.15) is 0 Å². The third-order valence-electron chi connectivity index (χ3n) is 10.8. The molecule has 0 bridgehead atoms. The lowest BCUT2D eigenvalue weighted by Gasteiger charge is -2.27. The van der Waals surface area contributed by atoms with E-state index in [1.54, 1.807) is 0 Å². The fourth-order valence-electron chi connectivity index (χ4n) is 8.30. The van der Waals surface area contributed by atoms with E-state index in [0.717, 1.165) is 50.1 Å². The summed E-state index contributed by atoms with van der Waals surface area (Å²) < 4.78 is 8.92. The molecule has 0 unspecified atom stereocenters. The summed E-state index contributed by atoms with van der Waals surface area (Å²) in [6, 6.07) is 72.3. The van der Waals surface area contributed by atoms with Crippen LogP contribution in [-0.4, -0.2) is 0 Å². The van der Waals surface area contributed by atoms with E-state index in [-0.39, 0.29) is 0 Å². The minimum Gasteiger partial charge on any atom is -0.456 e. The summed E-state index contributed by atoms with van der Waals surface area (Å²) in [7, 11) is 0. The van der Waals surface area contributed by atoms with E-state index in [4.69, 9.17) is 4.42 Å². The standard InChI is InChI=1S/C52H33NOS/c1-2-13-35-30-37(29-28-34(35)12-1)36-14-7-17-40(31-36)53(41-18-8-15-38(32-41)43-22-10-25-48-51(43)45-20-3-5-24-47(45)54-48)42-19-9-16-39(33-42)44-23-11-27-50-52(44)46-21-4-6-26-49(46)55-50/h1-33H. The topological polar surface area (TPSA) is 16.4 Å². The molecule has 0 aliphatic heterocycles. The fraction of sp³-hybridized carbons (Fsp3) is 0. The Kier molecular flexibility index (Phi) is 7.39. The maximum absolute atomic E-state index is 6.31. The number of fused-ring (bicyclic) bond motifs is 7. The summed E-state index contributed by atoms with van der Waals surface area (Å²) in [6.07, 6.45) is 0. The number of hydrogen-bond acceptors (Lipinski definition) is 3. The molecular formula is C52H33NOS. The van der Waals surface area contributed by atoms with Crippen LogP contribution in [0.15, 0.2) is 205 Å². The first-order valence-electron chi connectivity index (χ1n) is 18.7. The SMILES string of the molecule is c1cc(-c2ccc3ccccc3c2)cc(N(c2cccc(-c3cccc4oc5ccccc5c34)c2)c2cccc(-c3cccc4sc5ccccc5c34)c2)c1. The molecule has 9 aromatic carbocycles. The zero-order valence-electron chi connectivity index (χ0n) is 29.8. The Balaban J connectivity index is 1.10. The molecule has 258 valence electrons. The summed E-state index contributed by atoms with van der Waals surface area (Å²) in [4.78, 5) is 2.40. The van der Waals surface area contributed by atoms with Crippen LogP contribution in [0.25, 0.3) is 86.3 Å². The number of furan rings is 1. The molecule has 3 heteroatoms. The van der Waals surface area contributed by atoms with Gasteiger partial charge in [0.1, 0.15) is 11.2 Å². The molecule has 0 aliphatic carbocycles. The predicted molar refractivity (Wildman–Crippen MR) is 235 cm³/mol. The number of rotatable bonds is 6. The van der Waals surface area contributed by atoms with Crippen molar-refractivity contribution in [1.29, 1.82) is 0 Å². The van der Waals surface area contributed by atoms with Gasteiger partial charge >= 0.3 is 0 Å². The molecule has 0 amide bonds. The van der Waals surface area contributed by atoms with Crippen LogP contribution in [0.2, 0.25) is 0 Å². The van der Waals surface area contributed by atoms with Gasteiger partial charge in [-0.15, -0.1) is 11.3 Å². The molecule has 0 aliphatic rings. The fourth-order valence-corrected chi connectivity index (χ4v) is 9.43. The number of anilines is 3. The largest absolute Gasteiger partial charge is 0.456 e. The van der Waals surface area contributed by atoms with Crippen LogP contribution in [0.3, 0.4) is 0 Å². The van der Waals surface area contributed by atoms with E-state index in [1.807, 2.05) is 23.5 Å². The van der Waals surface area contributed by atoms with Gasteiger partial charge in [0.2, 0.25) is 0 Å². The van der Waals surface area contributed by atoms with Crippen LogP contribution in [0.1, 0.15) is 0 Å². The molecule has 0 atom stereocenters. The van der Waals surface area contributed by atoms with Crippen LogP contribution < -0.4 is 4.90 Å². The Bertz CT molecular complexity index is 3080. The molecule has 0 spiro atoms. The Morgan fingerprint density at radius 2 is 0.891 bits per heavy atom. The van der Waals surface area contributed by atoms with Crippen molar-refractivity contribution in [3.63, 3.8) is 0 Å². The van der Waals surface area contributed by atoms with Crippen LogP contribution in [0.4, 0.5) is 17.1 Å². The lowest BCUT2D eigenvalue weighted by molar-refractivity contribution is 0.669. The van der Waals surface area contributed by atoms with Gasteiger partial charge in [0.05, 0.1) is 0 Å². The van der Waals surface area contributed by atoms with Gasteiger partial charge in [0.15, 0.2) is 0 Å². The summed E-state index contributed by atoms with van der Waals surface area (Å²) in [5.74, 6) is 0. The average molecular weight is 720 g/mol. The molecular weight excluding hydrogens is 687 g/mol. The maximum Gasteiger partial charge on any atom is 0.136 e. The minimum atomic E-state index is 0.895. The van der Waals surface area contributed by atoms with Crippen molar-refractivity contribution < 1.29 is 4.42 Å². The number of para-hydroxylation sites is 1. The van der Waals surface area contributed by atoms with Gasteiger partial charge in [0.25, 0.3) is 0 Å².